The zero-order valence-electron chi connectivity index (χ0n) is 13.1. The number of hydrogen-bond acceptors (Lipinski definition) is 5. The maximum Gasteiger partial charge on any atom is 0.257 e. The molecular weight excluding hydrogens is 280 g/mol. The van der Waals surface area contributed by atoms with Gasteiger partial charge in [-0.15, -0.1) is 0 Å². The van der Waals surface area contributed by atoms with Crippen LogP contribution in [-0.2, 0) is 6.42 Å². The van der Waals surface area contributed by atoms with Crippen molar-refractivity contribution >= 4 is 17.0 Å². The largest absolute Gasteiger partial charge is 0.339 e. The van der Waals surface area contributed by atoms with E-state index in [1.807, 2.05) is 24.8 Å². The van der Waals surface area contributed by atoms with Gasteiger partial charge in [0.2, 0.25) is 0 Å². The normalized spacial score (nSPS) is 17.9. The first-order valence-corrected chi connectivity index (χ1v) is 7.89. The third-order valence-corrected chi connectivity index (χ3v) is 4.56. The molecule has 0 saturated carbocycles. The first-order chi connectivity index (χ1) is 10.6. The zero-order chi connectivity index (χ0) is 15.7. The Kier molecular flexibility index (Phi) is 4.11. The van der Waals surface area contributed by atoms with Crippen LogP contribution in [0.5, 0.6) is 0 Å². The lowest BCUT2D eigenvalue weighted by Crippen LogP contribution is -2.42. The minimum Gasteiger partial charge on any atom is -0.339 e. The molecule has 1 amide bonds. The van der Waals surface area contributed by atoms with Crippen LogP contribution in [0.25, 0.3) is 11.1 Å². The van der Waals surface area contributed by atoms with Crippen LogP contribution in [0.1, 0.15) is 42.7 Å². The maximum absolute atomic E-state index is 12.6. The SMILES string of the molecule is CCc1noc2ncc(C(=O)N3CCC(C(C)N)CC3)cc12. The average molecular weight is 302 g/mol. The standard InChI is InChI=1S/C16H22N4O2/c1-3-14-13-8-12(9-18-15(13)22-19-14)16(21)20-6-4-11(5-7-20)10(2)17/h8-11H,3-7,17H2,1-2H3. The summed E-state index contributed by atoms with van der Waals surface area (Å²) in [7, 11) is 0. The van der Waals surface area contributed by atoms with Crippen LogP contribution in [0.15, 0.2) is 16.8 Å². The summed E-state index contributed by atoms with van der Waals surface area (Å²) < 4.78 is 5.16. The summed E-state index contributed by atoms with van der Waals surface area (Å²) in [5, 5.41) is 4.81. The first-order valence-electron chi connectivity index (χ1n) is 7.89. The van der Waals surface area contributed by atoms with E-state index in [4.69, 9.17) is 10.3 Å². The van der Waals surface area contributed by atoms with Crippen molar-refractivity contribution in [3.63, 3.8) is 0 Å². The summed E-state index contributed by atoms with van der Waals surface area (Å²) in [5.74, 6) is 0.537. The fraction of sp³-hybridized carbons (Fsp3) is 0.562. The van der Waals surface area contributed by atoms with Crippen LogP contribution in [0.3, 0.4) is 0 Å². The second kappa shape index (κ2) is 6.04. The third-order valence-electron chi connectivity index (χ3n) is 4.56. The van der Waals surface area contributed by atoms with E-state index in [1.165, 1.54) is 0 Å². The molecular formula is C16H22N4O2. The van der Waals surface area contributed by atoms with Gasteiger partial charge in [0.1, 0.15) is 0 Å². The average Bonchev–Trinajstić information content (AvgIpc) is 2.96. The first kappa shape index (κ1) is 15.0. The number of carbonyl (C=O) groups excluding carboxylic acids is 1. The molecule has 2 aromatic rings. The lowest BCUT2D eigenvalue weighted by Gasteiger charge is -2.33. The predicted octanol–water partition coefficient (Wildman–Crippen LogP) is 1.98. The maximum atomic E-state index is 12.6. The Balaban J connectivity index is 1.78. The minimum absolute atomic E-state index is 0.0285. The second-order valence-electron chi connectivity index (χ2n) is 6.05. The van der Waals surface area contributed by atoms with Crippen molar-refractivity contribution in [2.24, 2.45) is 11.7 Å². The summed E-state index contributed by atoms with van der Waals surface area (Å²) in [6.07, 6.45) is 4.26. The van der Waals surface area contributed by atoms with Gasteiger partial charge in [0.25, 0.3) is 11.6 Å². The molecule has 0 radical (unpaired) electrons. The number of nitrogens with zero attached hydrogens (tertiary/aromatic N) is 3. The van der Waals surface area contributed by atoms with Crippen LogP contribution in [0.4, 0.5) is 0 Å². The number of rotatable bonds is 3. The smallest absolute Gasteiger partial charge is 0.257 e. The highest BCUT2D eigenvalue weighted by atomic mass is 16.5. The van der Waals surface area contributed by atoms with Gasteiger partial charge in [0, 0.05) is 25.3 Å². The van der Waals surface area contributed by atoms with Gasteiger partial charge in [-0.05, 0) is 38.2 Å². The molecule has 118 valence electrons. The number of piperidine rings is 1. The molecule has 0 aliphatic carbocycles. The van der Waals surface area contributed by atoms with E-state index in [0.29, 0.717) is 17.2 Å². The lowest BCUT2D eigenvalue weighted by molar-refractivity contribution is 0.0681. The van der Waals surface area contributed by atoms with Gasteiger partial charge in [-0.1, -0.05) is 12.1 Å². The summed E-state index contributed by atoms with van der Waals surface area (Å²) in [6, 6.07) is 2.04. The summed E-state index contributed by atoms with van der Waals surface area (Å²) in [5.41, 5.74) is 7.88. The monoisotopic (exact) mass is 302 g/mol. The zero-order valence-corrected chi connectivity index (χ0v) is 13.1. The van der Waals surface area contributed by atoms with Crippen LogP contribution in [0.2, 0.25) is 0 Å². The minimum atomic E-state index is 0.0285. The highest BCUT2D eigenvalue weighted by Gasteiger charge is 2.26. The highest BCUT2D eigenvalue weighted by Crippen LogP contribution is 2.23. The molecule has 0 aromatic carbocycles. The van der Waals surface area contributed by atoms with Crippen LogP contribution < -0.4 is 5.73 Å². The Morgan fingerprint density at radius 2 is 2.23 bits per heavy atom. The fourth-order valence-electron chi connectivity index (χ4n) is 3.06. The molecule has 2 aromatic heterocycles. The lowest BCUT2D eigenvalue weighted by atomic mass is 9.91. The molecule has 22 heavy (non-hydrogen) atoms. The third kappa shape index (κ3) is 2.70. The summed E-state index contributed by atoms with van der Waals surface area (Å²) in [4.78, 5) is 18.7. The molecule has 3 heterocycles. The molecule has 1 atom stereocenters. The highest BCUT2D eigenvalue weighted by molar-refractivity contribution is 5.97. The molecule has 6 heteroatoms. The molecule has 3 rings (SSSR count). The molecule has 2 N–H and O–H groups in total. The Morgan fingerprint density at radius 3 is 2.86 bits per heavy atom. The predicted molar refractivity (Wildman–Crippen MR) is 83.5 cm³/mol. The van der Waals surface area contributed by atoms with Crippen molar-refractivity contribution in [2.75, 3.05) is 13.1 Å². The van der Waals surface area contributed by atoms with Crippen molar-refractivity contribution in [3.05, 3.63) is 23.5 Å². The molecule has 1 saturated heterocycles. The number of hydrogen-bond donors (Lipinski definition) is 1. The number of carbonyl (C=O) groups is 1. The Bertz CT molecular complexity index is 672. The van der Waals surface area contributed by atoms with Crippen molar-refractivity contribution in [2.45, 2.75) is 39.2 Å². The van der Waals surface area contributed by atoms with Gasteiger partial charge >= 0.3 is 0 Å². The van der Waals surface area contributed by atoms with E-state index in [-0.39, 0.29) is 11.9 Å². The van der Waals surface area contributed by atoms with Gasteiger partial charge < -0.3 is 15.2 Å². The molecule has 1 fully saturated rings. The van der Waals surface area contributed by atoms with Gasteiger partial charge in [-0.25, -0.2) is 4.98 Å². The molecule has 1 aliphatic rings. The van der Waals surface area contributed by atoms with E-state index in [1.54, 1.807) is 6.20 Å². The fourth-order valence-corrected chi connectivity index (χ4v) is 3.06. The number of pyridine rings is 1. The molecule has 0 spiro atoms. The quantitative estimate of drug-likeness (QED) is 0.937. The summed E-state index contributed by atoms with van der Waals surface area (Å²) in [6.45, 7) is 5.56. The van der Waals surface area contributed by atoms with E-state index in [2.05, 4.69) is 10.1 Å². The van der Waals surface area contributed by atoms with E-state index >= 15 is 0 Å². The number of aromatic nitrogens is 2. The van der Waals surface area contributed by atoms with Crippen molar-refractivity contribution in [1.29, 1.82) is 0 Å². The number of fused-ring (bicyclic) bond motifs is 1. The number of amides is 1. The summed E-state index contributed by atoms with van der Waals surface area (Å²) >= 11 is 0. The molecule has 1 aliphatic heterocycles. The van der Waals surface area contributed by atoms with E-state index in [0.717, 1.165) is 43.4 Å². The number of nitrogens with two attached hydrogens (primary N) is 1. The Hall–Kier alpha value is -1.95. The molecule has 1 unspecified atom stereocenters. The van der Waals surface area contributed by atoms with E-state index in [9.17, 15) is 4.79 Å². The number of aryl methyl sites for hydroxylation is 1. The van der Waals surface area contributed by atoms with Crippen LogP contribution >= 0.6 is 0 Å². The van der Waals surface area contributed by atoms with Gasteiger partial charge in [-0.2, -0.15) is 0 Å². The topological polar surface area (TPSA) is 85.2 Å². The van der Waals surface area contributed by atoms with Gasteiger partial charge in [0.15, 0.2) is 0 Å². The van der Waals surface area contributed by atoms with E-state index < -0.39 is 0 Å². The Morgan fingerprint density at radius 1 is 1.50 bits per heavy atom. The van der Waals surface area contributed by atoms with Crippen LogP contribution in [-0.4, -0.2) is 40.1 Å². The molecule has 6 nitrogen and oxygen atoms in total. The molecule has 0 bridgehead atoms. The van der Waals surface area contributed by atoms with Crippen molar-refractivity contribution < 1.29 is 9.32 Å². The van der Waals surface area contributed by atoms with Crippen molar-refractivity contribution in [3.8, 4) is 0 Å². The second-order valence-corrected chi connectivity index (χ2v) is 6.05. The van der Waals surface area contributed by atoms with Crippen molar-refractivity contribution in [1.82, 2.24) is 15.0 Å². The Labute approximate surface area is 129 Å². The van der Waals surface area contributed by atoms with Crippen LogP contribution in [0, 0.1) is 5.92 Å². The van der Waals surface area contributed by atoms with Gasteiger partial charge in [0.05, 0.1) is 16.6 Å². The number of likely N-dealkylation sites (tertiary alicyclic amines) is 1. The van der Waals surface area contributed by atoms with Gasteiger partial charge in [-0.3, -0.25) is 4.79 Å².